The molecule has 3 aromatic carbocycles. The number of para-hydroxylation sites is 2. The Labute approximate surface area is 187 Å². The molecule has 1 aromatic heterocycles. The smallest absolute Gasteiger partial charge is 0.323 e. The quantitative estimate of drug-likeness (QED) is 0.369. The van der Waals surface area contributed by atoms with E-state index < -0.39 is 11.7 Å². The van der Waals surface area contributed by atoms with E-state index in [9.17, 15) is 22.4 Å². The molecule has 168 valence electrons. The zero-order chi connectivity index (χ0) is 23.2. The van der Waals surface area contributed by atoms with Crippen LogP contribution in [-0.2, 0) is 17.5 Å². The second-order valence-corrected chi connectivity index (χ2v) is 8.12. The molecule has 0 saturated carbocycles. The lowest BCUT2D eigenvalue weighted by atomic mass is 10.1. The summed E-state index contributed by atoms with van der Waals surface area (Å²) in [5.74, 6) is -0.185. The molecule has 4 aromatic rings. The fourth-order valence-electron chi connectivity index (χ4n) is 4.32. The van der Waals surface area contributed by atoms with Crippen molar-refractivity contribution in [2.24, 2.45) is 0 Å². The summed E-state index contributed by atoms with van der Waals surface area (Å²) in [5.41, 5.74) is 1.94. The summed E-state index contributed by atoms with van der Waals surface area (Å²) in [6, 6.07) is 18.6. The van der Waals surface area contributed by atoms with Gasteiger partial charge in [0.25, 0.3) is 0 Å². The minimum Gasteiger partial charge on any atom is -0.323 e. The highest BCUT2D eigenvalue weighted by Gasteiger charge is 2.36. The maximum absolute atomic E-state index is 13.4. The van der Waals surface area contributed by atoms with E-state index in [1.165, 1.54) is 29.2 Å². The van der Waals surface area contributed by atoms with Gasteiger partial charge in [-0.25, -0.2) is 9.37 Å². The number of hydrogen-bond donors (Lipinski definition) is 0. The number of fused-ring (bicyclic) bond motifs is 1. The molecule has 4 nitrogen and oxygen atoms in total. The van der Waals surface area contributed by atoms with Crippen molar-refractivity contribution >= 4 is 22.6 Å². The van der Waals surface area contributed by atoms with Gasteiger partial charge in [-0.15, -0.1) is 0 Å². The highest BCUT2D eigenvalue weighted by atomic mass is 19.4. The third kappa shape index (κ3) is 4.08. The lowest BCUT2D eigenvalue weighted by Crippen LogP contribution is -2.25. The number of imidazole rings is 1. The number of hydrogen-bond acceptors (Lipinski definition) is 2. The second-order valence-electron chi connectivity index (χ2n) is 8.12. The van der Waals surface area contributed by atoms with Crippen LogP contribution in [0.2, 0.25) is 0 Å². The summed E-state index contributed by atoms with van der Waals surface area (Å²) >= 11 is 0. The lowest BCUT2D eigenvalue weighted by Gasteiger charge is -2.19. The van der Waals surface area contributed by atoms with Crippen LogP contribution in [0.25, 0.3) is 11.0 Å². The van der Waals surface area contributed by atoms with Crippen LogP contribution in [0, 0.1) is 5.82 Å². The minimum atomic E-state index is -4.48. The molecule has 0 radical (unpaired) electrons. The number of benzene rings is 3. The fourth-order valence-corrected chi connectivity index (χ4v) is 4.32. The number of aromatic nitrogens is 2. The topological polar surface area (TPSA) is 38.1 Å². The zero-order valence-electron chi connectivity index (χ0n) is 17.4. The van der Waals surface area contributed by atoms with E-state index in [2.05, 4.69) is 0 Å². The van der Waals surface area contributed by atoms with Crippen molar-refractivity contribution in [2.75, 3.05) is 11.4 Å². The minimum absolute atomic E-state index is 0.142. The van der Waals surface area contributed by atoms with Crippen molar-refractivity contribution in [1.82, 2.24) is 9.55 Å². The third-order valence-corrected chi connectivity index (χ3v) is 5.91. The average Bonchev–Trinajstić information content (AvgIpc) is 3.35. The summed E-state index contributed by atoms with van der Waals surface area (Å²) in [6.07, 6.45) is -4.34. The standard InChI is InChI=1S/C25H19F4N3O/c26-19-10-8-16(9-11-19)14-32-22-7-2-1-6-21(22)30-24(32)17-12-23(33)31(15-17)20-5-3-4-18(13-20)25(27,28)29/h1-11,13,17H,12,14-15H2. The highest BCUT2D eigenvalue weighted by Crippen LogP contribution is 2.36. The Morgan fingerprint density at radius 3 is 2.48 bits per heavy atom. The van der Waals surface area contributed by atoms with Gasteiger partial charge in [0.2, 0.25) is 5.91 Å². The maximum atomic E-state index is 13.4. The van der Waals surface area contributed by atoms with E-state index in [-0.39, 0.29) is 36.3 Å². The molecule has 0 aliphatic carbocycles. The van der Waals surface area contributed by atoms with Gasteiger partial charge < -0.3 is 9.47 Å². The molecule has 0 bridgehead atoms. The van der Waals surface area contributed by atoms with Crippen molar-refractivity contribution < 1.29 is 22.4 Å². The molecule has 1 unspecified atom stereocenters. The van der Waals surface area contributed by atoms with E-state index in [0.29, 0.717) is 12.4 Å². The largest absolute Gasteiger partial charge is 0.416 e. The number of amides is 1. The van der Waals surface area contributed by atoms with E-state index in [1.54, 1.807) is 12.1 Å². The van der Waals surface area contributed by atoms with Crippen molar-refractivity contribution in [3.63, 3.8) is 0 Å². The molecule has 1 atom stereocenters. The molecule has 5 rings (SSSR count). The van der Waals surface area contributed by atoms with Crippen LogP contribution in [0.15, 0.2) is 72.8 Å². The van der Waals surface area contributed by atoms with Crippen LogP contribution in [-0.4, -0.2) is 22.0 Å². The summed E-state index contributed by atoms with van der Waals surface area (Å²) in [7, 11) is 0. The predicted molar refractivity (Wildman–Crippen MR) is 116 cm³/mol. The monoisotopic (exact) mass is 453 g/mol. The van der Waals surface area contributed by atoms with Crippen LogP contribution in [0.3, 0.4) is 0 Å². The van der Waals surface area contributed by atoms with Crippen molar-refractivity contribution in [3.05, 3.63) is 95.6 Å². The van der Waals surface area contributed by atoms with Gasteiger partial charge in [-0.2, -0.15) is 13.2 Å². The van der Waals surface area contributed by atoms with Gasteiger partial charge in [0.1, 0.15) is 11.6 Å². The Morgan fingerprint density at radius 1 is 0.970 bits per heavy atom. The Hall–Kier alpha value is -3.68. The summed E-state index contributed by atoms with van der Waals surface area (Å²) in [4.78, 5) is 19.0. The molecule has 1 aliphatic heterocycles. The van der Waals surface area contributed by atoms with Crippen LogP contribution in [0.1, 0.15) is 29.3 Å². The Morgan fingerprint density at radius 2 is 1.73 bits per heavy atom. The molecule has 1 saturated heterocycles. The number of anilines is 1. The maximum Gasteiger partial charge on any atom is 0.416 e. The van der Waals surface area contributed by atoms with Crippen LogP contribution in [0.4, 0.5) is 23.2 Å². The van der Waals surface area contributed by atoms with Crippen LogP contribution >= 0.6 is 0 Å². The number of nitrogens with zero attached hydrogens (tertiary/aromatic N) is 3. The molecule has 2 heterocycles. The van der Waals surface area contributed by atoms with Gasteiger partial charge >= 0.3 is 6.18 Å². The number of halogens is 4. The van der Waals surface area contributed by atoms with Gasteiger partial charge in [0.05, 0.1) is 16.6 Å². The van der Waals surface area contributed by atoms with Crippen molar-refractivity contribution in [1.29, 1.82) is 0 Å². The Bertz CT molecular complexity index is 1330. The number of carbonyl (C=O) groups is 1. The summed E-state index contributed by atoms with van der Waals surface area (Å²) in [5, 5.41) is 0. The molecule has 8 heteroatoms. The average molecular weight is 453 g/mol. The van der Waals surface area contributed by atoms with Gasteiger partial charge in [0, 0.05) is 31.1 Å². The van der Waals surface area contributed by atoms with Gasteiger partial charge in [-0.1, -0.05) is 30.3 Å². The van der Waals surface area contributed by atoms with Crippen molar-refractivity contribution in [2.45, 2.75) is 25.1 Å². The predicted octanol–water partition coefficient (Wildman–Crippen LogP) is 5.76. The number of alkyl halides is 3. The third-order valence-electron chi connectivity index (χ3n) is 5.91. The molecule has 1 amide bonds. The molecule has 1 aliphatic rings. The van der Waals surface area contributed by atoms with Crippen LogP contribution in [0.5, 0.6) is 0 Å². The van der Waals surface area contributed by atoms with Gasteiger partial charge in [-0.05, 0) is 48.0 Å². The first kappa shape index (κ1) is 21.2. The Kier molecular flexibility index (Phi) is 5.15. The normalized spacial score (nSPS) is 16.7. The SMILES string of the molecule is O=C1CC(c2nc3ccccc3n2Cc2ccc(F)cc2)CN1c1cccc(C(F)(F)F)c1. The van der Waals surface area contributed by atoms with E-state index in [4.69, 9.17) is 4.98 Å². The van der Waals surface area contributed by atoms with E-state index in [0.717, 1.165) is 28.7 Å². The fraction of sp³-hybridized carbons (Fsp3) is 0.200. The molecule has 0 N–H and O–H groups in total. The van der Waals surface area contributed by atoms with Crippen LogP contribution < -0.4 is 4.90 Å². The van der Waals surface area contributed by atoms with Gasteiger partial charge in [0.15, 0.2) is 0 Å². The first-order valence-electron chi connectivity index (χ1n) is 10.5. The lowest BCUT2D eigenvalue weighted by molar-refractivity contribution is -0.137. The van der Waals surface area contributed by atoms with E-state index >= 15 is 0 Å². The van der Waals surface area contributed by atoms with Crippen molar-refractivity contribution in [3.8, 4) is 0 Å². The molecule has 1 fully saturated rings. The van der Waals surface area contributed by atoms with Gasteiger partial charge in [-0.3, -0.25) is 4.79 Å². The molecular formula is C25H19F4N3O. The first-order valence-corrected chi connectivity index (χ1v) is 10.5. The summed E-state index contributed by atoms with van der Waals surface area (Å²) < 4.78 is 54.8. The number of rotatable bonds is 4. The summed E-state index contributed by atoms with van der Waals surface area (Å²) in [6.45, 7) is 0.664. The molecule has 33 heavy (non-hydrogen) atoms. The number of carbonyl (C=O) groups excluding carboxylic acids is 1. The Balaban J connectivity index is 1.50. The molecule has 0 spiro atoms. The van der Waals surface area contributed by atoms with E-state index in [1.807, 2.05) is 28.8 Å². The zero-order valence-corrected chi connectivity index (χ0v) is 17.4. The second kappa shape index (κ2) is 8.03. The first-order chi connectivity index (χ1) is 15.8. The highest BCUT2D eigenvalue weighted by molar-refractivity contribution is 5.96. The molecular weight excluding hydrogens is 434 g/mol.